The van der Waals surface area contributed by atoms with Crippen molar-refractivity contribution in [3.05, 3.63) is 0 Å². The highest BCUT2D eigenvalue weighted by atomic mass is 32.2. The van der Waals surface area contributed by atoms with Crippen molar-refractivity contribution in [2.75, 3.05) is 39.4 Å². The first kappa shape index (κ1) is 14.3. The first-order valence-corrected chi connectivity index (χ1v) is 6.20. The normalized spacial score (nSPS) is 13.5. The van der Waals surface area contributed by atoms with Gasteiger partial charge in [0.2, 0.25) is 0 Å². The summed E-state index contributed by atoms with van der Waals surface area (Å²) < 4.78 is 32.0. The molecule has 0 aliphatic heterocycles. The van der Waals surface area contributed by atoms with Gasteiger partial charge in [0, 0.05) is 13.2 Å². The molecule has 0 aliphatic carbocycles. The molecular formula is C8H17NO5S. The highest BCUT2D eigenvalue weighted by molar-refractivity contribution is 7.92. The maximum Gasteiger partial charge on any atom is 0.320 e. The lowest BCUT2D eigenvalue weighted by Gasteiger charge is -2.14. The molecule has 0 aromatic carbocycles. The van der Waals surface area contributed by atoms with Crippen molar-refractivity contribution in [1.29, 1.82) is 0 Å². The summed E-state index contributed by atoms with van der Waals surface area (Å²) in [4.78, 5) is 10.8. The Hall–Kier alpha value is -0.660. The molecule has 0 rings (SSSR count). The van der Waals surface area contributed by atoms with Crippen molar-refractivity contribution in [1.82, 2.24) is 5.32 Å². The van der Waals surface area contributed by atoms with E-state index < -0.39 is 21.6 Å². The van der Waals surface area contributed by atoms with Gasteiger partial charge in [0.25, 0.3) is 0 Å². The maximum atomic E-state index is 11.4. The molecule has 1 unspecified atom stereocenters. The summed E-state index contributed by atoms with van der Waals surface area (Å²) >= 11 is 0. The van der Waals surface area contributed by atoms with E-state index in [4.69, 9.17) is 4.74 Å². The Kier molecular flexibility index (Phi) is 6.46. The van der Waals surface area contributed by atoms with E-state index in [-0.39, 0.29) is 18.4 Å². The van der Waals surface area contributed by atoms with Crippen LogP contribution in [0.4, 0.5) is 0 Å². The number of carbonyl (C=O) groups is 1. The smallest absolute Gasteiger partial charge is 0.320 e. The summed E-state index contributed by atoms with van der Waals surface area (Å²) in [5, 5.41) is 2.79. The van der Waals surface area contributed by atoms with E-state index in [1.807, 2.05) is 0 Å². The predicted molar refractivity (Wildman–Crippen MR) is 55.4 cm³/mol. The molecule has 0 spiro atoms. The van der Waals surface area contributed by atoms with E-state index in [2.05, 4.69) is 10.1 Å². The van der Waals surface area contributed by atoms with Crippen molar-refractivity contribution >= 4 is 15.8 Å². The van der Waals surface area contributed by atoms with Crippen LogP contribution in [0.2, 0.25) is 0 Å². The fourth-order valence-corrected chi connectivity index (χ4v) is 2.49. The number of esters is 1. The predicted octanol–water partition coefficient (Wildman–Crippen LogP) is -1.19. The number of hydrogen-bond acceptors (Lipinski definition) is 6. The standard InChI is InChI=1S/C8H17NO5S/c1-9-7(4-13-2)5-15(11,12)6-8(10)14-3/h7,9H,4-6H2,1-3H3. The Balaban J connectivity index is 4.28. The monoisotopic (exact) mass is 239 g/mol. The number of hydrogen-bond donors (Lipinski definition) is 1. The van der Waals surface area contributed by atoms with Crippen LogP contribution in [0.15, 0.2) is 0 Å². The van der Waals surface area contributed by atoms with Crippen LogP contribution in [0.1, 0.15) is 0 Å². The minimum absolute atomic E-state index is 0.146. The van der Waals surface area contributed by atoms with E-state index in [9.17, 15) is 13.2 Å². The van der Waals surface area contributed by atoms with Gasteiger partial charge in [-0.1, -0.05) is 0 Å². The molecule has 0 aromatic heterocycles. The van der Waals surface area contributed by atoms with Gasteiger partial charge >= 0.3 is 5.97 Å². The average Bonchev–Trinajstić information content (AvgIpc) is 2.15. The van der Waals surface area contributed by atoms with Crippen molar-refractivity contribution < 1.29 is 22.7 Å². The molecule has 0 saturated carbocycles. The third kappa shape index (κ3) is 6.43. The van der Waals surface area contributed by atoms with Gasteiger partial charge in [-0.05, 0) is 7.05 Å². The largest absolute Gasteiger partial charge is 0.468 e. The molecule has 1 atom stereocenters. The van der Waals surface area contributed by atoms with E-state index in [0.29, 0.717) is 0 Å². The van der Waals surface area contributed by atoms with Crippen molar-refractivity contribution in [3.8, 4) is 0 Å². The fourth-order valence-electron chi connectivity index (χ4n) is 1.02. The van der Waals surface area contributed by atoms with Crippen LogP contribution in [0.3, 0.4) is 0 Å². The van der Waals surface area contributed by atoms with Gasteiger partial charge in [-0.25, -0.2) is 8.42 Å². The number of sulfone groups is 1. The number of likely N-dealkylation sites (N-methyl/N-ethyl adjacent to an activating group) is 1. The van der Waals surface area contributed by atoms with Gasteiger partial charge in [0.15, 0.2) is 9.84 Å². The van der Waals surface area contributed by atoms with Crippen LogP contribution in [-0.2, 0) is 24.1 Å². The van der Waals surface area contributed by atoms with Gasteiger partial charge in [-0.15, -0.1) is 0 Å². The number of rotatable bonds is 7. The molecule has 0 bridgehead atoms. The Bertz CT molecular complexity index is 287. The quantitative estimate of drug-likeness (QED) is 0.562. The Morgan fingerprint density at radius 3 is 2.40 bits per heavy atom. The highest BCUT2D eigenvalue weighted by Gasteiger charge is 2.21. The molecule has 15 heavy (non-hydrogen) atoms. The molecule has 0 heterocycles. The van der Waals surface area contributed by atoms with Gasteiger partial charge < -0.3 is 14.8 Å². The van der Waals surface area contributed by atoms with Crippen LogP contribution >= 0.6 is 0 Å². The van der Waals surface area contributed by atoms with E-state index in [1.165, 1.54) is 7.11 Å². The minimum atomic E-state index is -3.44. The molecule has 0 radical (unpaired) electrons. The summed E-state index contributed by atoms with van der Waals surface area (Å²) in [6.07, 6.45) is 0. The number of methoxy groups -OCH3 is 2. The molecule has 7 heteroatoms. The SMILES string of the molecule is CNC(COC)CS(=O)(=O)CC(=O)OC. The van der Waals surface area contributed by atoms with Crippen molar-refractivity contribution in [2.24, 2.45) is 0 Å². The van der Waals surface area contributed by atoms with Crippen LogP contribution in [0.25, 0.3) is 0 Å². The van der Waals surface area contributed by atoms with E-state index >= 15 is 0 Å². The third-order valence-corrected chi connectivity index (χ3v) is 3.38. The second kappa shape index (κ2) is 6.76. The molecule has 0 saturated heterocycles. The summed E-state index contributed by atoms with van der Waals surface area (Å²) in [7, 11) is 0.832. The summed E-state index contributed by atoms with van der Waals surface area (Å²) in [6, 6.07) is -0.315. The molecule has 0 aliphatic rings. The second-order valence-corrected chi connectivity index (χ2v) is 5.18. The second-order valence-electron chi connectivity index (χ2n) is 3.07. The average molecular weight is 239 g/mol. The van der Waals surface area contributed by atoms with Gasteiger partial charge in [-0.3, -0.25) is 4.79 Å². The first-order chi connectivity index (χ1) is 6.95. The minimum Gasteiger partial charge on any atom is -0.468 e. The summed E-state index contributed by atoms with van der Waals surface area (Å²) in [5.74, 6) is -1.49. The zero-order valence-electron chi connectivity index (χ0n) is 9.15. The van der Waals surface area contributed by atoms with E-state index in [1.54, 1.807) is 7.05 Å². The molecule has 0 aromatic rings. The van der Waals surface area contributed by atoms with Crippen LogP contribution in [0.5, 0.6) is 0 Å². The zero-order valence-corrected chi connectivity index (χ0v) is 9.96. The lowest BCUT2D eigenvalue weighted by atomic mass is 10.4. The molecule has 90 valence electrons. The summed E-state index contributed by atoms with van der Waals surface area (Å²) in [6.45, 7) is 0.275. The molecule has 6 nitrogen and oxygen atoms in total. The Labute approximate surface area is 89.9 Å². The van der Waals surface area contributed by atoms with Crippen LogP contribution in [-0.4, -0.2) is 59.8 Å². The van der Waals surface area contributed by atoms with Crippen LogP contribution < -0.4 is 5.32 Å². The number of ether oxygens (including phenoxy) is 2. The topological polar surface area (TPSA) is 81.7 Å². The lowest BCUT2D eigenvalue weighted by Crippen LogP contribution is -2.38. The molecule has 1 N–H and O–H groups in total. The van der Waals surface area contributed by atoms with Crippen molar-refractivity contribution in [3.63, 3.8) is 0 Å². The number of nitrogens with one attached hydrogen (secondary N) is 1. The van der Waals surface area contributed by atoms with E-state index in [0.717, 1.165) is 7.11 Å². The zero-order chi connectivity index (χ0) is 11.9. The first-order valence-electron chi connectivity index (χ1n) is 4.38. The van der Waals surface area contributed by atoms with Gasteiger partial charge in [-0.2, -0.15) is 0 Å². The highest BCUT2D eigenvalue weighted by Crippen LogP contribution is 1.97. The maximum absolute atomic E-state index is 11.4. The fraction of sp³-hybridized carbons (Fsp3) is 0.875. The Morgan fingerprint density at radius 1 is 1.40 bits per heavy atom. The molecular weight excluding hydrogens is 222 g/mol. The number of carbonyl (C=O) groups excluding carboxylic acids is 1. The third-order valence-electron chi connectivity index (χ3n) is 1.80. The molecule has 0 amide bonds. The van der Waals surface area contributed by atoms with Gasteiger partial charge in [0.1, 0.15) is 5.75 Å². The molecule has 0 fully saturated rings. The van der Waals surface area contributed by atoms with Crippen molar-refractivity contribution in [2.45, 2.75) is 6.04 Å². The lowest BCUT2D eigenvalue weighted by molar-refractivity contribution is -0.137. The van der Waals surface area contributed by atoms with Gasteiger partial charge in [0.05, 0.1) is 19.5 Å². The Morgan fingerprint density at radius 2 is 2.00 bits per heavy atom. The summed E-state index contributed by atoms with van der Waals surface area (Å²) in [5.41, 5.74) is 0. The van der Waals surface area contributed by atoms with Crippen LogP contribution in [0, 0.1) is 0 Å².